The molecule has 30 heavy (non-hydrogen) atoms. The molecule has 0 bridgehead atoms. The lowest BCUT2D eigenvalue weighted by Gasteiger charge is -2.40. The van der Waals surface area contributed by atoms with Gasteiger partial charge in [0.2, 0.25) is 10.0 Å². The molecule has 1 amide bonds. The average Bonchev–Trinajstić information content (AvgIpc) is 3.34. The van der Waals surface area contributed by atoms with E-state index in [1.54, 1.807) is 29.2 Å². The van der Waals surface area contributed by atoms with Crippen molar-refractivity contribution in [3.8, 4) is 10.6 Å². The molecule has 0 atom stereocenters. The van der Waals surface area contributed by atoms with Crippen LogP contribution in [-0.4, -0.2) is 64.9 Å². The predicted octanol–water partition coefficient (Wildman–Crippen LogP) is 1.77. The van der Waals surface area contributed by atoms with Crippen molar-refractivity contribution in [1.29, 1.82) is 0 Å². The van der Waals surface area contributed by atoms with Gasteiger partial charge in [0.05, 0.1) is 0 Å². The lowest BCUT2D eigenvalue weighted by Crippen LogP contribution is -2.60. The predicted molar refractivity (Wildman–Crippen MR) is 111 cm³/mol. The maximum Gasteiger partial charge on any atom is 0.266 e. The van der Waals surface area contributed by atoms with Gasteiger partial charge in [-0.2, -0.15) is 0 Å². The fraction of sp³-hybridized carbons (Fsp3) is 0.526. The second-order valence-corrected chi connectivity index (χ2v) is 10.7. The fourth-order valence-corrected chi connectivity index (χ4v) is 6.96. The molecule has 0 unspecified atom stereocenters. The van der Waals surface area contributed by atoms with Crippen LogP contribution in [0, 0.1) is 0 Å². The number of ether oxygens (including phenoxy) is 1. The lowest BCUT2D eigenvalue weighted by molar-refractivity contribution is -0.134. The molecular weight excluding hydrogens is 428 g/mol. The molecule has 0 radical (unpaired) electrons. The summed E-state index contributed by atoms with van der Waals surface area (Å²) >= 11 is 1.55. The van der Waals surface area contributed by atoms with E-state index in [4.69, 9.17) is 9.94 Å². The van der Waals surface area contributed by atoms with Gasteiger partial charge in [0.1, 0.15) is 5.01 Å². The van der Waals surface area contributed by atoms with Gasteiger partial charge in [0.15, 0.2) is 4.75 Å². The molecule has 0 aliphatic carbocycles. The topological polar surface area (TPSA) is 122 Å². The number of nitrogens with one attached hydrogen (secondary N) is 1. The molecule has 2 aromatic rings. The minimum Gasteiger partial charge on any atom is -0.381 e. The summed E-state index contributed by atoms with van der Waals surface area (Å²) in [4.78, 5) is 21.2. The number of amides is 1. The second kappa shape index (κ2) is 8.67. The van der Waals surface area contributed by atoms with E-state index in [-0.39, 0.29) is 32.0 Å². The maximum atomic E-state index is 13.4. The van der Waals surface area contributed by atoms with Gasteiger partial charge in [0, 0.05) is 74.1 Å². The van der Waals surface area contributed by atoms with Gasteiger partial charge < -0.3 is 4.74 Å². The van der Waals surface area contributed by atoms with E-state index < -0.39 is 20.7 Å². The van der Waals surface area contributed by atoms with Gasteiger partial charge in [-0.25, -0.2) is 23.2 Å². The van der Waals surface area contributed by atoms with Gasteiger partial charge in [-0.1, -0.05) is 0 Å². The van der Waals surface area contributed by atoms with Crippen LogP contribution in [-0.2, 0) is 19.6 Å². The van der Waals surface area contributed by atoms with Gasteiger partial charge in [-0.15, -0.1) is 11.3 Å². The molecule has 2 saturated heterocycles. The van der Waals surface area contributed by atoms with E-state index in [0.29, 0.717) is 25.9 Å². The monoisotopic (exact) mass is 452 g/mol. The number of sulfonamides is 1. The third kappa shape index (κ3) is 3.76. The van der Waals surface area contributed by atoms with Crippen LogP contribution in [0.15, 0.2) is 29.9 Å². The summed E-state index contributed by atoms with van der Waals surface area (Å²) in [6, 6.07) is 3.97. The highest BCUT2D eigenvalue weighted by atomic mass is 32.2. The highest BCUT2D eigenvalue weighted by Crippen LogP contribution is 2.36. The molecule has 2 fully saturated rings. The Hall–Kier alpha value is -1.92. The first-order chi connectivity index (χ1) is 14.5. The van der Waals surface area contributed by atoms with Crippen LogP contribution in [0.2, 0.25) is 0 Å². The number of aromatic nitrogens is 2. The smallest absolute Gasteiger partial charge is 0.266 e. The molecule has 2 aromatic heterocycles. The standard InChI is InChI=1S/C19H24N4O5S2/c24-18(22-25)19(5-10-28-11-6-19)30(26,27)23-8-3-14(4-9-23)16-2-1-15(13-21-16)17-20-7-12-29-17/h1-2,7,12-14,25H,3-6,8-11H2,(H,22,24). The number of pyridine rings is 1. The molecule has 0 saturated carbocycles. The lowest BCUT2D eigenvalue weighted by atomic mass is 9.94. The summed E-state index contributed by atoms with van der Waals surface area (Å²) in [5, 5.41) is 12.0. The van der Waals surface area contributed by atoms with Crippen molar-refractivity contribution >= 4 is 27.3 Å². The van der Waals surface area contributed by atoms with Crippen LogP contribution in [0.5, 0.6) is 0 Å². The highest BCUT2D eigenvalue weighted by Gasteiger charge is 2.54. The molecule has 2 N–H and O–H groups in total. The Kier molecular flexibility index (Phi) is 6.16. The Balaban J connectivity index is 1.46. The fourth-order valence-electron chi connectivity index (χ4n) is 4.18. The number of rotatable bonds is 5. The third-order valence-corrected chi connectivity index (χ3v) is 9.44. The molecule has 4 heterocycles. The van der Waals surface area contributed by atoms with Crippen LogP contribution >= 0.6 is 11.3 Å². The van der Waals surface area contributed by atoms with E-state index >= 15 is 0 Å². The van der Waals surface area contributed by atoms with Crippen molar-refractivity contribution < 1.29 is 23.2 Å². The average molecular weight is 453 g/mol. The Labute approximate surface area is 179 Å². The maximum absolute atomic E-state index is 13.4. The van der Waals surface area contributed by atoms with E-state index in [2.05, 4.69) is 9.97 Å². The van der Waals surface area contributed by atoms with Gasteiger partial charge >= 0.3 is 0 Å². The first-order valence-corrected chi connectivity index (χ1v) is 12.2. The molecule has 11 heteroatoms. The number of nitrogens with zero attached hydrogens (tertiary/aromatic N) is 3. The van der Waals surface area contributed by atoms with Crippen LogP contribution in [0.25, 0.3) is 10.6 Å². The van der Waals surface area contributed by atoms with Crippen LogP contribution in [0.3, 0.4) is 0 Å². The summed E-state index contributed by atoms with van der Waals surface area (Å²) in [6.07, 6.45) is 4.86. The number of hydrogen-bond donors (Lipinski definition) is 2. The SMILES string of the molecule is O=C(NO)C1(S(=O)(=O)N2CCC(c3ccc(-c4nccs4)cn3)CC2)CCOCC1. The Bertz CT molecular complexity index is 965. The zero-order valence-electron chi connectivity index (χ0n) is 16.4. The van der Waals surface area contributed by atoms with Gasteiger partial charge in [0.25, 0.3) is 5.91 Å². The molecule has 0 aromatic carbocycles. The molecular formula is C19H24N4O5S2. The largest absolute Gasteiger partial charge is 0.381 e. The minimum atomic E-state index is -3.95. The molecule has 9 nitrogen and oxygen atoms in total. The number of thiazole rings is 1. The van der Waals surface area contributed by atoms with E-state index in [0.717, 1.165) is 16.3 Å². The highest BCUT2D eigenvalue weighted by molar-refractivity contribution is 7.91. The Morgan fingerprint density at radius 1 is 1.23 bits per heavy atom. The quantitative estimate of drug-likeness (QED) is 0.524. The van der Waals surface area contributed by atoms with Crippen molar-refractivity contribution in [3.63, 3.8) is 0 Å². The van der Waals surface area contributed by atoms with E-state index in [1.165, 1.54) is 4.31 Å². The summed E-state index contributed by atoms with van der Waals surface area (Å²) < 4.78 is 31.7. The van der Waals surface area contributed by atoms with Crippen LogP contribution in [0.1, 0.15) is 37.3 Å². The molecule has 0 spiro atoms. The summed E-state index contributed by atoms with van der Waals surface area (Å²) in [5.41, 5.74) is 3.45. The zero-order chi connectivity index (χ0) is 21.2. The zero-order valence-corrected chi connectivity index (χ0v) is 18.0. The molecule has 4 rings (SSSR count). The Morgan fingerprint density at radius 3 is 2.53 bits per heavy atom. The van der Waals surface area contributed by atoms with Crippen molar-refractivity contribution in [3.05, 3.63) is 35.6 Å². The number of carbonyl (C=O) groups is 1. The summed E-state index contributed by atoms with van der Waals surface area (Å²) in [6.45, 7) is 0.950. The third-order valence-electron chi connectivity index (χ3n) is 5.99. The molecule has 162 valence electrons. The number of hydrogen-bond acceptors (Lipinski definition) is 8. The molecule has 2 aliphatic rings. The van der Waals surface area contributed by atoms with E-state index in [9.17, 15) is 13.2 Å². The minimum absolute atomic E-state index is 0.0292. The summed E-state index contributed by atoms with van der Waals surface area (Å²) in [7, 11) is -3.95. The van der Waals surface area contributed by atoms with Crippen molar-refractivity contribution in [2.24, 2.45) is 0 Å². The van der Waals surface area contributed by atoms with Gasteiger partial charge in [-0.3, -0.25) is 15.0 Å². The number of piperidine rings is 1. The van der Waals surface area contributed by atoms with Crippen molar-refractivity contribution in [2.45, 2.75) is 36.3 Å². The first-order valence-electron chi connectivity index (χ1n) is 9.86. The Morgan fingerprint density at radius 2 is 1.97 bits per heavy atom. The van der Waals surface area contributed by atoms with E-state index in [1.807, 2.05) is 17.5 Å². The first kappa shape index (κ1) is 21.3. The van der Waals surface area contributed by atoms with Crippen molar-refractivity contribution in [1.82, 2.24) is 19.8 Å². The number of carbonyl (C=O) groups excluding carboxylic acids is 1. The van der Waals surface area contributed by atoms with Gasteiger partial charge in [-0.05, 0) is 25.0 Å². The molecule has 2 aliphatic heterocycles. The number of hydroxylamine groups is 1. The van der Waals surface area contributed by atoms with Crippen LogP contribution < -0.4 is 5.48 Å². The second-order valence-electron chi connectivity index (χ2n) is 7.53. The normalized spacial score (nSPS) is 20.7. The van der Waals surface area contributed by atoms with Crippen molar-refractivity contribution in [2.75, 3.05) is 26.3 Å². The summed E-state index contributed by atoms with van der Waals surface area (Å²) in [5.74, 6) is -0.730. The van der Waals surface area contributed by atoms with Crippen LogP contribution in [0.4, 0.5) is 0 Å².